The van der Waals surface area contributed by atoms with Crippen molar-refractivity contribution in [2.24, 2.45) is 0 Å². The highest BCUT2D eigenvalue weighted by Crippen LogP contribution is 2.14. The minimum absolute atomic E-state index is 0.115. The van der Waals surface area contributed by atoms with E-state index in [1.807, 2.05) is 0 Å². The van der Waals surface area contributed by atoms with Gasteiger partial charge in [0.25, 0.3) is 0 Å². The number of amides is 2. The van der Waals surface area contributed by atoms with Crippen molar-refractivity contribution in [1.82, 2.24) is 31.9 Å². The largest absolute Gasteiger partial charge is 0.508 e. The Hall–Kier alpha value is -3.42. The standard InChI is InChI=1S/2C8H9NO2.C4H10N2.4C4H9NO/c2*1-6(10)9-7-2-4-8(11)5-3-7;1-2-6-4-3-5-1;4*1-3-6-4-2-5-1/h2*2-5,11H,1H3,(H,9,10);5-6H,1-4H2;4*5H,1-4H2. The lowest BCUT2D eigenvalue weighted by Gasteiger charge is -2.11. The number of nitrogens with one attached hydrogen (secondary N) is 8. The summed E-state index contributed by atoms with van der Waals surface area (Å²) in [5.74, 6) is 0.157. The van der Waals surface area contributed by atoms with Crippen LogP contribution in [-0.2, 0) is 28.5 Å². The zero-order valence-corrected chi connectivity index (χ0v) is 31.1. The molecule has 7 rings (SSSR count). The predicted molar refractivity (Wildman–Crippen MR) is 205 cm³/mol. The lowest BCUT2D eigenvalue weighted by atomic mass is 10.3. The number of piperazine rings is 1. The van der Waals surface area contributed by atoms with Crippen LogP contribution in [-0.4, -0.2) is 153 Å². The second-order valence-electron chi connectivity index (χ2n) is 11.4. The molecular weight excluding hydrogens is 672 g/mol. The second kappa shape index (κ2) is 34.7. The minimum Gasteiger partial charge on any atom is -0.508 e. The first kappa shape index (κ1) is 46.6. The molecule has 16 nitrogen and oxygen atoms in total. The summed E-state index contributed by atoms with van der Waals surface area (Å²) in [7, 11) is 0. The molecule has 296 valence electrons. The van der Waals surface area contributed by atoms with Crippen LogP contribution in [0.1, 0.15) is 13.8 Å². The molecule has 2 aromatic rings. The number of aromatic hydroxyl groups is 2. The number of ether oxygens (including phenoxy) is 4. The zero-order chi connectivity index (χ0) is 37.7. The Labute approximate surface area is 309 Å². The van der Waals surface area contributed by atoms with Gasteiger partial charge in [0.05, 0.1) is 52.9 Å². The van der Waals surface area contributed by atoms with Gasteiger partial charge >= 0.3 is 0 Å². The van der Waals surface area contributed by atoms with Crippen LogP contribution in [0.5, 0.6) is 11.5 Å². The van der Waals surface area contributed by atoms with Gasteiger partial charge in [0, 0.05) is 104 Å². The van der Waals surface area contributed by atoms with Crippen LogP contribution in [0, 0.1) is 0 Å². The molecule has 5 aliphatic heterocycles. The number of hydrogen-bond donors (Lipinski definition) is 10. The fraction of sp³-hybridized carbons (Fsp3) is 0.611. The summed E-state index contributed by atoms with van der Waals surface area (Å²) in [5, 5.41) is 42.0. The normalized spacial score (nSPS) is 17.7. The number of phenols is 2. The molecule has 0 unspecified atom stereocenters. The molecular formula is C36H64N8O8. The molecule has 0 saturated carbocycles. The molecule has 5 heterocycles. The topological polar surface area (TPSA) is 208 Å². The van der Waals surface area contributed by atoms with Crippen LogP contribution in [0.15, 0.2) is 48.5 Å². The lowest BCUT2D eigenvalue weighted by Crippen LogP contribution is -2.39. The smallest absolute Gasteiger partial charge is 0.221 e. The lowest BCUT2D eigenvalue weighted by molar-refractivity contribution is -0.115. The zero-order valence-electron chi connectivity index (χ0n) is 31.1. The van der Waals surface area contributed by atoms with Crippen molar-refractivity contribution < 1.29 is 38.7 Å². The van der Waals surface area contributed by atoms with E-state index in [0.29, 0.717) is 11.4 Å². The third kappa shape index (κ3) is 32.5. The van der Waals surface area contributed by atoms with Gasteiger partial charge in [0.15, 0.2) is 0 Å². The van der Waals surface area contributed by atoms with E-state index in [0.717, 1.165) is 131 Å². The maximum Gasteiger partial charge on any atom is 0.221 e. The molecule has 5 saturated heterocycles. The second-order valence-corrected chi connectivity index (χ2v) is 11.4. The highest BCUT2D eigenvalue weighted by molar-refractivity contribution is 5.89. The number of carbonyl (C=O) groups excluding carboxylic acids is 2. The fourth-order valence-corrected chi connectivity index (χ4v) is 4.16. The summed E-state index contributed by atoms with van der Waals surface area (Å²) < 4.78 is 20.0. The summed E-state index contributed by atoms with van der Waals surface area (Å²) in [6.45, 7) is 22.8. The monoisotopic (exact) mass is 736 g/mol. The minimum atomic E-state index is -0.115. The predicted octanol–water partition coefficient (Wildman–Crippen LogP) is 0.305. The van der Waals surface area contributed by atoms with Crippen molar-refractivity contribution in [2.75, 3.05) is 142 Å². The quantitative estimate of drug-likeness (QED) is 0.189. The number of phenolic OH excluding ortho intramolecular Hbond substituents is 2. The highest BCUT2D eigenvalue weighted by Gasteiger charge is 1.97. The molecule has 5 aliphatic rings. The Bertz CT molecular complexity index is 912. The highest BCUT2D eigenvalue weighted by atomic mass is 16.5. The van der Waals surface area contributed by atoms with Crippen molar-refractivity contribution in [3.05, 3.63) is 48.5 Å². The van der Waals surface area contributed by atoms with Gasteiger partial charge in [-0.1, -0.05) is 0 Å². The molecule has 0 aliphatic carbocycles. The van der Waals surface area contributed by atoms with Gasteiger partial charge < -0.3 is 71.7 Å². The Kier molecular flexibility index (Phi) is 31.1. The maximum atomic E-state index is 10.5. The third-order valence-electron chi connectivity index (χ3n) is 6.72. The molecule has 16 heteroatoms. The average molecular weight is 737 g/mol. The van der Waals surface area contributed by atoms with Crippen molar-refractivity contribution in [3.8, 4) is 11.5 Å². The Morgan fingerprint density at radius 2 is 0.635 bits per heavy atom. The number of carbonyl (C=O) groups is 2. The summed E-state index contributed by atoms with van der Waals surface area (Å²) in [4.78, 5) is 21.0. The molecule has 2 aromatic carbocycles. The third-order valence-corrected chi connectivity index (χ3v) is 6.72. The van der Waals surface area contributed by atoms with E-state index < -0.39 is 0 Å². The summed E-state index contributed by atoms with van der Waals surface area (Å²) in [5.41, 5.74) is 1.38. The van der Waals surface area contributed by atoms with Gasteiger partial charge in [-0.05, 0) is 48.5 Å². The van der Waals surface area contributed by atoms with Crippen LogP contribution in [0.3, 0.4) is 0 Å². The van der Waals surface area contributed by atoms with Crippen LogP contribution >= 0.6 is 0 Å². The Morgan fingerprint density at radius 3 is 0.769 bits per heavy atom. The van der Waals surface area contributed by atoms with Gasteiger partial charge in [-0.2, -0.15) is 0 Å². The molecule has 52 heavy (non-hydrogen) atoms. The van der Waals surface area contributed by atoms with Crippen molar-refractivity contribution in [3.63, 3.8) is 0 Å². The first-order valence-corrected chi connectivity index (χ1v) is 18.1. The van der Waals surface area contributed by atoms with E-state index in [1.54, 1.807) is 24.3 Å². The molecule has 0 aromatic heterocycles. The molecule has 0 radical (unpaired) electrons. The fourth-order valence-electron chi connectivity index (χ4n) is 4.16. The van der Waals surface area contributed by atoms with Crippen molar-refractivity contribution in [2.45, 2.75) is 13.8 Å². The van der Waals surface area contributed by atoms with Crippen molar-refractivity contribution in [1.29, 1.82) is 0 Å². The van der Waals surface area contributed by atoms with Crippen molar-refractivity contribution >= 4 is 23.2 Å². The molecule has 5 fully saturated rings. The Balaban J connectivity index is 0.000000309. The number of rotatable bonds is 2. The number of hydrogen-bond acceptors (Lipinski definition) is 14. The summed E-state index contributed by atoms with van der Waals surface area (Å²) in [6, 6.07) is 12.6. The van der Waals surface area contributed by atoms with Gasteiger partial charge in [-0.25, -0.2) is 0 Å². The van der Waals surface area contributed by atoms with Gasteiger partial charge in [-0.15, -0.1) is 0 Å². The van der Waals surface area contributed by atoms with E-state index in [4.69, 9.17) is 29.2 Å². The van der Waals surface area contributed by atoms with E-state index in [9.17, 15) is 9.59 Å². The van der Waals surface area contributed by atoms with E-state index in [-0.39, 0.29) is 23.3 Å². The van der Waals surface area contributed by atoms with E-state index >= 15 is 0 Å². The van der Waals surface area contributed by atoms with E-state index in [2.05, 4.69) is 42.5 Å². The molecule has 0 bridgehead atoms. The van der Waals surface area contributed by atoms with Crippen LogP contribution in [0.25, 0.3) is 0 Å². The van der Waals surface area contributed by atoms with Crippen LogP contribution < -0.4 is 42.5 Å². The SMILES string of the molecule is C1CNCCN1.C1COCCN1.C1COCCN1.C1COCCN1.C1COCCN1.CC(=O)Nc1ccc(O)cc1.CC(=O)Nc1ccc(O)cc1. The van der Waals surface area contributed by atoms with Crippen LogP contribution in [0.2, 0.25) is 0 Å². The molecule has 10 N–H and O–H groups in total. The first-order chi connectivity index (χ1) is 25.4. The molecule has 2 amide bonds. The number of anilines is 2. The Morgan fingerprint density at radius 1 is 0.423 bits per heavy atom. The van der Waals surface area contributed by atoms with Crippen LogP contribution in [0.4, 0.5) is 11.4 Å². The van der Waals surface area contributed by atoms with Gasteiger partial charge in [0.2, 0.25) is 11.8 Å². The number of morpholine rings is 4. The average Bonchev–Trinajstić information content (AvgIpc) is 3.21. The summed E-state index contributed by atoms with van der Waals surface area (Å²) >= 11 is 0. The number of benzene rings is 2. The maximum absolute atomic E-state index is 10.5. The first-order valence-electron chi connectivity index (χ1n) is 18.1. The van der Waals surface area contributed by atoms with Gasteiger partial charge in [0.1, 0.15) is 11.5 Å². The van der Waals surface area contributed by atoms with Gasteiger partial charge in [-0.3, -0.25) is 9.59 Å². The van der Waals surface area contributed by atoms with E-state index in [1.165, 1.54) is 38.1 Å². The molecule has 0 spiro atoms. The molecule has 0 atom stereocenters. The summed E-state index contributed by atoms with van der Waals surface area (Å²) in [6.07, 6.45) is 0.